The number of phenols is 1. The lowest BCUT2D eigenvalue weighted by molar-refractivity contribution is 0.0140. The molecule has 2 N–H and O–H groups in total. The molecule has 0 spiro atoms. The van der Waals surface area contributed by atoms with E-state index < -0.39 is 28.9 Å². The Balaban J connectivity index is 1.38. The number of halogens is 3. The normalized spacial score (nSPS) is 27.3. The van der Waals surface area contributed by atoms with Gasteiger partial charge in [0.15, 0.2) is 5.82 Å². The van der Waals surface area contributed by atoms with E-state index in [1.54, 1.807) is 13.0 Å². The van der Waals surface area contributed by atoms with Crippen LogP contribution in [0.2, 0.25) is 0 Å². The Morgan fingerprint density at radius 3 is 2.75 bits per heavy atom. The zero-order chi connectivity index (χ0) is 30.8. The summed E-state index contributed by atoms with van der Waals surface area (Å²) < 4.78 is 52.3. The van der Waals surface area contributed by atoms with Crippen molar-refractivity contribution in [2.45, 2.75) is 88.4 Å². The number of nitrogens with zero attached hydrogens (tertiary/aromatic N) is 4. The fraction of sp³-hybridized carbons (Fsp3) is 0.500. The van der Waals surface area contributed by atoms with E-state index in [1.165, 1.54) is 24.4 Å². The van der Waals surface area contributed by atoms with Crippen LogP contribution in [0.15, 0.2) is 30.5 Å². The molecule has 0 bridgehead atoms. The maximum atomic E-state index is 16.7. The highest BCUT2D eigenvalue weighted by molar-refractivity contribution is 6.01. The molecule has 4 aromatic rings. The van der Waals surface area contributed by atoms with Crippen molar-refractivity contribution in [3.63, 3.8) is 0 Å². The predicted molar refractivity (Wildman–Crippen MR) is 162 cm³/mol. The lowest BCUT2D eigenvalue weighted by atomic mass is 9.77. The molecule has 232 valence electrons. The molecule has 1 saturated carbocycles. The number of alkyl halides is 1. The van der Waals surface area contributed by atoms with E-state index >= 15 is 4.39 Å². The third-order valence-corrected chi connectivity index (χ3v) is 10.0. The largest absolute Gasteiger partial charge is 0.508 e. The van der Waals surface area contributed by atoms with E-state index in [9.17, 15) is 19.0 Å². The lowest BCUT2D eigenvalue weighted by Crippen LogP contribution is -2.43. The molecule has 1 unspecified atom stereocenters. The number of aryl methyl sites for hydroxylation is 1. The van der Waals surface area contributed by atoms with Crippen LogP contribution in [0.5, 0.6) is 11.8 Å². The molecular formula is C34H37F3N4O3. The van der Waals surface area contributed by atoms with Crippen LogP contribution in [0.25, 0.3) is 32.9 Å². The van der Waals surface area contributed by atoms with Crippen molar-refractivity contribution < 1.29 is 28.1 Å². The lowest BCUT2D eigenvalue weighted by Gasteiger charge is -2.34. The van der Waals surface area contributed by atoms with Crippen molar-refractivity contribution in [3.8, 4) is 23.0 Å². The van der Waals surface area contributed by atoms with Crippen molar-refractivity contribution in [1.82, 2.24) is 19.9 Å². The van der Waals surface area contributed by atoms with Crippen LogP contribution in [0.3, 0.4) is 0 Å². The number of rotatable bonds is 6. The summed E-state index contributed by atoms with van der Waals surface area (Å²) in [5, 5.41) is 22.9. The number of fused-ring (bicyclic) bond motifs is 3. The molecule has 44 heavy (non-hydrogen) atoms. The summed E-state index contributed by atoms with van der Waals surface area (Å²) in [6.45, 7) is 5.01. The molecule has 0 amide bonds. The minimum absolute atomic E-state index is 0.00152. The van der Waals surface area contributed by atoms with Gasteiger partial charge in [0.25, 0.3) is 0 Å². The van der Waals surface area contributed by atoms with E-state index in [-0.39, 0.29) is 41.1 Å². The molecule has 2 aromatic carbocycles. The summed E-state index contributed by atoms with van der Waals surface area (Å²) in [7, 11) is 0. The summed E-state index contributed by atoms with van der Waals surface area (Å²) >= 11 is 0. The van der Waals surface area contributed by atoms with E-state index in [4.69, 9.17) is 9.72 Å². The number of aliphatic hydroxyl groups is 1. The SMILES string of the molecule is CCc1c(F)ccc2cc(O)cc(-c3ncc4c(C5CCC[C@@](C)(O)C5)nc(OC[C@@]56CCCN5C[C@H](F)C6)nc4c3F)c12. The van der Waals surface area contributed by atoms with Crippen molar-refractivity contribution >= 4 is 21.7 Å². The van der Waals surface area contributed by atoms with Crippen LogP contribution in [0, 0.1) is 11.6 Å². The highest BCUT2D eigenvalue weighted by Gasteiger charge is 2.49. The Bertz CT molecular complexity index is 1770. The monoisotopic (exact) mass is 606 g/mol. The number of phenolic OH excluding ortho intramolecular Hbond substituents is 1. The summed E-state index contributed by atoms with van der Waals surface area (Å²) in [6, 6.07) is 5.82. The third kappa shape index (κ3) is 4.96. The van der Waals surface area contributed by atoms with Gasteiger partial charge in [0, 0.05) is 36.0 Å². The molecule has 0 radical (unpaired) electrons. The average molecular weight is 607 g/mol. The molecule has 3 fully saturated rings. The molecule has 4 atom stereocenters. The number of ether oxygens (including phenoxy) is 1. The smallest absolute Gasteiger partial charge is 0.317 e. The van der Waals surface area contributed by atoms with Crippen LogP contribution < -0.4 is 4.74 Å². The standard InChI is InChI=1S/C34H37F3N4O3/c1-3-23-26(36)8-7-19-12-22(42)13-24(27(19)23)30-28(37)31-25(16-38-30)29(20-6-4-9-33(2,43)14-20)39-32(40-31)44-18-34-10-5-11-41(34)17-21(35)15-34/h7-8,12-13,16,20-21,42-43H,3-6,9-11,14-15,17-18H2,1-2H3/t20?,21-,33-,34+/m1/s1. The number of aromatic hydroxyl groups is 1. The summed E-state index contributed by atoms with van der Waals surface area (Å²) in [5.41, 5.74) is -0.173. The van der Waals surface area contributed by atoms with Gasteiger partial charge in [-0.25, -0.2) is 13.2 Å². The number of aromatic nitrogens is 3. The molecule has 2 saturated heterocycles. The maximum Gasteiger partial charge on any atom is 0.317 e. The molecule has 3 aliphatic rings. The van der Waals surface area contributed by atoms with E-state index in [0.29, 0.717) is 59.6 Å². The number of hydrogen-bond acceptors (Lipinski definition) is 7. The fourth-order valence-electron chi connectivity index (χ4n) is 8.00. The molecule has 2 aliphatic heterocycles. The summed E-state index contributed by atoms with van der Waals surface area (Å²) in [5.74, 6) is -1.42. The second-order valence-electron chi connectivity index (χ2n) is 13.2. The molecular weight excluding hydrogens is 569 g/mol. The maximum absolute atomic E-state index is 16.7. The average Bonchev–Trinajstić information content (AvgIpc) is 3.51. The van der Waals surface area contributed by atoms with Crippen LogP contribution in [-0.4, -0.2) is 67.1 Å². The Hall–Kier alpha value is -3.50. The van der Waals surface area contributed by atoms with Gasteiger partial charge in [-0.05, 0) is 92.9 Å². The second kappa shape index (κ2) is 10.8. The fourth-order valence-corrected chi connectivity index (χ4v) is 8.00. The minimum Gasteiger partial charge on any atom is -0.508 e. The first-order chi connectivity index (χ1) is 21.1. The van der Waals surface area contributed by atoms with E-state index in [0.717, 1.165) is 32.2 Å². The van der Waals surface area contributed by atoms with Gasteiger partial charge >= 0.3 is 6.01 Å². The van der Waals surface area contributed by atoms with Gasteiger partial charge in [0.1, 0.15) is 35.6 Å². The second-order valence-corrected chi connectivity index (χ2v) is 13.2. The van der Waals surface area contributed by atoms with Crippen molar-refractivity contribution in [2.75, 3.05) is 19.7 Å². The van der Waals surface area contributed by atoms with Crippen LogP contribution >= 0.6 is 0 Å². The van der Waals surface area contributed by atoms with Gasteiger partial charge in [0.05, 0.1) is 16.8 Å². The summed E-state index contributed by atoms with van der Waals surface area (Å²) in [4.78, 5) is 16.0. The van der Waals surface area contributed by atoms with Crippen molar-refractivity contribution in [3.05, 3.63) is 53.4 Å². The quantitative estimate of drug-likeness (QED) is 0.251. The molecule has 7 rings (SSSR count). The minimum atomic E-state index is -0.919. The van der Waals surface area contributed by atoms with Gasteiger partial charge in [0.2, 0.25) is 0 Å². The topological polar surface area (TPSA) is 91.6 Å². The Morgan fingerprint density at radius 2 is 1.95 bits per heavy atom. The zero-order valence-electron chi connectivity index (χ0n) is 25.0. The Morgan fingerprint density at radius 1 is 1.11 bits per heavy atom. The number of hydrogen-bond donors (Lipinski definition) is 2. The third-order valence-electron chi connectivity index (χ3n) is 10.0. The highest BCUT2D eigenvalue weighted by Crippen LogP contribution is 2.44. The first kappa shape index (κ1) is 29.2. The van der Waals surface area contributed by atoms with Crippen LogP contribution in [-0.2, 0) is 6.42 Å². The number of pyridine rings is 1. The van der Waals surface area contributed by atoms with E-state index in [2.05, 4.69) is 14.9 Å². The van der Waals surface area contributed by atoms with Gasteiger partial charge in [-0.1, -0.05) is 13.0 Å². The van der Waals surface area contributed by atoms with Crippen molar-refractivity contribution in [1.29, 1.82) is 0 Å². The number of benzene rings is 2. The van der Waals surface area contributed by atoms with Gasteiger partial charge in [-0.2, -0.15) is 9.97 Å². The molecule has 7 nitrogen and oxygen atoms in total. The predicted octanol–water partition coefficient (Wildman–Crippen LogP) is 6.76. The Kier molecular flexibility index (Phi) is 7.20. The first-order valence-electron chi connectivity index (χ1n) is 15.6. The van der Waals surface area contributed by atoms with E-state index in [1.807, 2.05) is 6.92 Å². The molecule has 10 heteroatoms. The highest BCUT2D eigenvalue weighted by atomic mass is 19.1. The van der Waals surface area contributed by atoms with Crippen LogP contribution in [0.4, 0.5) is 13.2 Å². The van der Waals surface area contributed by atoms with Gasteiger partial charge in [-0.3, -0.25) is 9.88 Å². The molecule has 1 aliphatic carbocycles. The zero-order valence-corrected chi connectivity index (χ0v) is 25.0. The Labute approximate surface area is 254 Å². The van der Waals surface area contributed by atoms with Crippen LogP contribution in [0.1, 0.15) is 76.0 Å². The summed E-state index contributed by atoms with van der Waals surface area (Å²) in [6.07, 6.45) is 5.75. The first-order valence-corrected chi connectivity index (χ1v) is 15.6. The van der Waals surface area contributed by atoms with Gasteiger partial charge in [-0.15, -0.1) is 0 Å². The molecule has 4 heterocycles. The molecule has 2 aromatic heterocycles. The van der Waals surface area contributed by atoms with Crippen molar-refractivity contribution in [2.24, 2.45) is 0 Å². The van der Waals surface area contributed by atoms with Gasteiger partial charge < -0.3 is 14.9 Å².